The molecule has 0 unspecified atom stereocenters. The summed E-state index contributed by atoms with van der Waals surface area (Å²) in [5, 5.41) is 0. The van der Waals surface area contributed by atoms with Gasteiger partial charge in [-0.3, -0.25) is 0 Å². The van der Waals surface area contributed by atoms with Gasteiger partial charge in [-0.15, -0.1) is 0 Å². The van der Waals surface area contributed by atoms with Crippen molar-refractivity contribution < 1.29 is 4.43 Å². The van der Waals surface area contributed by atoms with E-state index >= 15 is 0 Å². The van der Waals surface area contributed by atoms with Gasteiger partial charge in [0.05, 0.1) is 0 Å². The summed E-state index contributed by atoms with van der Waals surface area (Å²) in [6.07, 6.45) is 1.86. The van der Waals surface area contributed by atoms with Gasteiger partial charge in [0, 0.05) is 5.56 Å². The molecule has 0 heterocycles. The Hall–Kier alpha value is -1.02. The summed E-state index contributed by atoms with van der Waals surface area (Å²) in [6.45, 7) is 10.5. The van der Waals surface area contributed by atoms with Gasteiger partial charge in [0.2, 0.25) is 8.32 Å². The van der Waals surface area contributed by atoms with Crippen molar-refractivity contribution in [2.45, 2.75) is 32.5 Å². The van der Waals surface area contributed by atoms with Crippen LogP contribution in [0.15, 0.2) is 30.8 Å². The van der Waals surface area contributed by atoms with Gasteiger partial charge in [0.25, 0.3) is 0 Å². The molecule has 0 saturated carbocycles. The molecule has 0 bridgehead atoms. The van der Waals surface area contributed by atoms with E-state index in [1.807, 2.05) is 30.3 Å². The van der Waals surface area contributed by atoms with Crippen molar-refractivity contribution in [3.63, 3.8) is 0 Å². The highest BCUT2D eigenvalue weighted by Gasteiger charge is 2.26. The Labute approximate surface area is 93.9 Å². The second-order valence-corrected chi connectivity index (χ2v) is 8.52. The first kappa shape index (κ1) is 12.0. The van der Waals surface area contributed by atoms with Crippen molar-refractivity contribution in [1.29, 1.82) is 0 Å². The van der Waals surface area contributed by atoms with Crippen LogP contribution in [0.3, 0.4) is 0 Å². The van der Waals surface area contributed by atoms with Gasteiger partial charge in [-0.05, 0) is 24.7 Å². The van der Waals surface area contributed by atoms with Gasteiger partial charge >= 0.3 is 0 Å². The maximum atomic E-state index is 6.19. The van der Waals surface area contributed by atoms with Crippen molar-refractivity contribution in [3.8, 4) is 5.75 Å². The molecule has 0 atom stereocenters. The quantitative estimate of drug-likeness (QED) is 0.671. The SMILES string of the molecule is C=Cc1ccccc1O[Si](C)(CC)CC. The lowest BCUT2D eigenvalue weighted by atomic mass is 10.2. The topological polar surface area (TPSA) is 9.23 Å². The highest BCUT2D eigenvalue weighted by Crippen LogP contribution is 2.25. The molecule has 0 aliphatic rings. The molecule has 0 amide bonds. The predicted octanol–water partition coefficient (Wildman–Crippen LogP) is 4.32. The van der Waals surface area contributed by atoms with E-state index in [2.05, 4.69) is 27.0 Å². The third kappa shape index (κ3) is 2.96. The Morgan fingerprint density at radius 2 is 1.87 bits per heavy atom. The van der Waals surface area contributed by atoms with Crippen LogP contribution in [0.2, 0.25) is 18.6 Å². The Morgan fingerprint density at radius 1 is 1.27 bits per heavy atom. The summed E-state index contributed by atoms with van der Waals surface area (Å²) < 4.78 is 6.19. The Morgan fingerprint density at radius 3 is 2.40 bits per heavy atom. The van der Waals surface area contributed by atoms with Gasteiger partial charge in [0.15, 0.2) is 0 Å². The van der Waals surface area contributed by atoms with E-state index in [4.69, 9.17) is 4.43 Å². The van der Waals surface area contributed by atoms with Crippen LogP contribution in [0.4, 0.5) is 0 Å². The molecular formula is C13H20OSi. The lowest BCUT2D eigenvalue weighted by molar-refractivity contribution is 0.539. The minimum atomic E-state index is -1.53. The van der Waals surface area contributed by atoms with Crippen LogP contribution < -0.4 is 4.43 Å². The van der Waals surface area contributed by atoms with Crippen LogP contribution in [0.25, 0.3) is 6.08 Å². The van der Waals surface area contributed by atoms with E-state index in [1.165, 1.54) is 0 Å². The standard InChI is InChI=1S/C13H20OSi/c1-5-12-10-8-9-11-13(12)14-15(4,6-2)7-3/h5,8-11H,1,6-7H2,2-4H3. The molecule has 0 saturated heterocycles. The normalized spacial score (nSPS) is 11.1. The van der Waals surface area contributed by atoms with E-state index in [9.17, 15) is 0 Å². The minimum absolute atomic E-state index is 0.991. The number of benzene rings is 1. The lowest BCUT2D eigenvalue weighted by Gasteiger charge is -2.26. The lowest BCUT2D eigenvalue weighted by Crippen LogP contribution is -2.36. The Bertz CT molecular complexity index is 329. The third-order valence-electron chi connectivity index (χ3n) is 2.99. The summed E-state index contributed by atoms with van der Waals surface area (Å²) in [4.78, 5) is 0. The molecule has 1 aromatic carbocycles. The van der Waals surface area contributed by atoms with Crippen LogP contribution in [0, 0.1) is 0 Å². The van der Waals surface area contributed by atoms with E-state index in [0.29, 0.717) is 0 Å². The van der Waals surface area contributed by atoms with Gasteiger partial charge in [-0.1, -0.05) is 44.7 Å². The second-order valence-electron chi connectivity index (χ2n) is 4.00. The second kappa shape index (κ2) is 5.17. The summed E-state index contributed by atoms with van der Waals surface area (Å²) >= 11 is 0. The van der Waals surface area contributed by atoms with Crippen LogP contribution in [-0.2, 0) is 0 Å². The molecule has 0 aliphatic carbocycles. The zero-order valence-electron chi connectivity index (χ0n) is 9.92. The van der Waals surface area contributed by atoms with Gasteiger partial charge in [-0.2, -0.15) is 0 Å². The first-order chi connectivity index (χ1) is 7.15. The Kier molecular flexibility index (Phi) is 4.15. The first-order valence-electron chi connectivity index (χ1n) is 5.55. The molecule has 2 heteroatoms. The fourth-order valence-electron chi connectivity index (χ4n) is 1.40. The van der Waals surface area contributed by atoms with Crippen LogP contribution in [0.5, 0.6) is 5.75 Å². The Balaban J connectivity index is 2.92. The average molecular weight is 220 g/mol. The fraction of sp³-hybridized carbons (Fsp3) is 0.385. The van der Waals surface area contributed by atoms with E-state index in [0.717, 1.165) is 23.4 Å². The molecular weight excluding hydrogens is 200 g/mol. The fourth-order valence-corrected chi connectivity index (χ4v) is 2.91. The van der Waals surface area contributed by atoms with Crippen LogP contribution in [-0.4, -0.2) is 8.32 Å². The summed E-state index contributed by atoms with van der Waals surface area (Å²) in [5.74, 6) is 0.991. The van der Waals surface area contributed by atoms with E-state index in [1.54, 1.807) is 0 Å². The molecule has 0 spiro atoms. The number of rotatable bonds is 5. The molecule has 1 rings (SSSR count). The smallest absolute Gasteiger partial charge is 0.247 e. The van der Waals surface area contributed by atoms with Crippen LogP contribution in [0.1, 0.15) is 19.4 Å². The van der Waals surface area contributed by atoms with E-state index < -0.39 is 8.32 Å². The van der Waals surface area contributed by atoms with E-state index in [-0.39, 0.29) is 0 Å². The molecule has 0 N–H and O–H groups in total. The first-order valence-corrected chi connectivity index (χ1v) is 8.38. The zero-order chi connectivity index (χ0) is 11.3. The molecule has 0 aromatic heterocycles. The highest BCUT2D eigenvalue weighted by molar-refractivity contribution is 6.73. The van der Waals surface area contributed by atoms with Crippen molar-refractivity contribution in [1.82, 2.24) is 0 Å². The molecule has 1 aromatic rings. The summed E-state index contributed by atoms with van der Waals surface area (Å²) in [5.41, 5.74) is 1.10. The molecule has 15 heavy (non-hydrogen) atoms. The highest BCUT2D eigenvalue weighted by atomic mass is 28.4. The molecule has 0 fully saturated rings. The predicted molar refractivity (Wildman–Crippen MR) is 69.7 cm³/mol. The van der Waals surface area contributed by atoms with Crippen molar-refractivity contribution in [3.05, 3.63) is 36.4 Å². The molecule has 0 aliphatic heterocycles. The average Bonchev–Trinajstić information content (AvgIpc) is 2.29. The van der Waals surface area contributed by atoms with Crippen molar-refractivity contribution >= 4 is 14.4 Å². The molecule has 1 nitrogen and oxygen atoms in total. The largest absolute Gasteiger partial charge is 0.543 e. The maximum absolute atomic E-state index is 6.19. The zero-order valence-corrected chi connectivity index (χ0v) is 10.9. The van der Waals surface area contributed by atoms with Crippen molar-refractivity contribution in [2.24, 2.45) is 0 Å². The van der Waals surface area contributed by atoms with Gasteiger partial charge in [-0.25, -0.2) is 0 Å². The minimum Gasteiger partial charge on any atom is -0.543 e. The van der Waals surface area contributed by atoms with Gasteiger partial charge in [0.1, 0.15) is 5.75 Å². The number of hydrogen-bond acceptors (Lipinski definition) is 1. The summed E-state index contributed by atoms with van der Waals surface area (Å²) in [7, 11) is -1.53. The molecule has 82 valence electrons. The van der Waals surface area contributed by atoms with Gasteiger partial charge < -0.3 is 4.43 Å². The number of hydrogen-bond donors (Lipinski definition) is 0. The monoisotopic (exact) mass is 220 g/mol. The molecule has 0 radical (unpaired) electrons. The third-order valence-corrected chi connectivity index (χ3v) is 6.70. The maximum Gasteiger partial charge on any atom is 0.247 e. The number of para-hydroxylation sites is 1. The summed E-state index contributed by atoms with van der Waals surface area (Å²) in [6, 6.07) is 10.4. The van der Waals surface area contributed by atoms with Crippen LogP contribution >= 0.6 is 0 Å². The van der Waals surface area contributed by atoms with Crippen molar-refractivity contribution in [2.75, 3.05) is 0 Å².